The minimum Gasteiger partial charge on any atom is -0.481 e. The molecule has 3 heteroatoms. The van der Waals surface area contributed by atoms with Crippen LogP contribution in [0.2, 0.25) is 0 Å². The molecule has 0 aromatic heterocycles. The van der Waals surface area contributed by atoms with E-state index < -0.39 is 11.9 Å². The zero-order valence-corrected chi connectivity index (χ0v) is 12.3. The lowest BCUT2D eigenvalue weighted by atomic mass is 9.90. The fourth-order valence-corrected chi connectivity index (χ4v) is 2.48. The van der Waals surface area contributed by atoms with E-state index in [9.17, 15) is 14.3 Å². The Labute approximate surface area is 124 Å². The highest BCUT2D eigenvalue weighted by Gasteiger charge is 2.19. The molecule has 0 bridgehead atoms. The molecule has 0 fully saturated rings. The first kappa shape index (κ1) is 15.2. The van der Waals surface area contributed by atoms with Crippen LogP contribution in [0.3, 0.4) is 0 Å². The molecule has 2 rings (SSSR count). The summed E-state index contributed by atoms with van der Waals surface area (Å²) in [5.41, 5.74) is 3.96. The Bertz CT molecular complexity index is 649. The summed E-state index contributed by atoms with van der Waals surface area (Å²) in [6.07, 6.45) is 0.792. The SMILES string of the molecule is Cc1ccc(C)c(CC(Cc2cccc(F)c2)C(=O)O)c1. The molecule has 0 heterocycles. The lowest BCUT2D eigenvalue weighted by Gasteiger charge is -2.15. The standard InChI is InChI=1S/C18H19FO2/c1-12-6-7-13(2)15(8-12)11-16(18(20)21)9-14-4-3-5-17(19)10-14/h3-8,10,16H,9,11H2,1-2H3,(H,20,21). The van der Waals surface area contributed by atoms with E-state index in [-0.39, 0.29) is 5.82 Å². The Morgan fingerprint density at radius 2 is 1.90 bits per heavy atom. The van der Waals surface area contributed by atoms with Crippen molar-refractivity contribution in [2.45, 2.75) is 26.7 Å². The van der Waals surface area contributed by atoms with Crippen LogP contribution in [0.5, 0.6) is 0 Å². The molecule has 0 aliphatic rings. The summed E-state index contributed by atoms with van der Waals surface area (Å²) < 4.78 is 13.2. The minimum absolute atomic E-state index is 0.330. The fraction of sp³-hybridized carbons (Fsp3) is 0.278. The predicted octanol–water partition coefficient (Wildman–Crippen LogP) is 3.93. The lowest BCUT2D eigenvalue weighted by molar-refractivity contribution is -0.141. The maximum atomic E-state index is 13.2. The molecule has 1 unspecified atom stereocenters. The molecular formula is C18H19FO2. The lowest BCUT2D eigenvalue weighted by Crippen LogP contribution is -2.19. The first-order valence-electron chi connectivity index (χ1n) is 6.99. The van der Waals surface area contributed by atoms with E-state index in [2.05, 4.69) is 0 Å². The van der Waals surface area contributed by atoms with Gasteiger partial charge in [0.05, 0.1) is 5.92 Å². The average molecular weight is 286 g/mol. The summed E-state index contributed by atoms with van der Waals surface area (Å²) in [6, 6.07) is 12.2. The summed E-state index contributed by atoms with van der Waals surface area (Å²) in [6.45, 7) is 3.97. The molecule has 0 radical (unpaired) electrons. The van der Waals surface area contributed by atoms with Gasteiger partial charge in [-0.1, -0.05) is 35.9 Å². The number of aryl methyl sites for hydroxylation is 2. The van der Waals surface area contributed by atoms with Crippen LogP contribution in [-0.4, -0.2) is 11.1 Å². The van der Waals surface area contributed by atoms with E-state index in [4.69, 9.17) is 0 Å². The van der Waals surface area contributed by atoms with Gasteiger partial charge in [0.1, 0.15) is 5.82 Å². The van der Waals surface area contributed by atoms with Crippen molar-refractivity contribution < 1.29 is 14.3 Å². The van der Waals surface area contributed by atoms with E-state index in [0.717, 1.165) is 16.7 Å². The third-order valence-electron chi connectivity index (χ3n) is 3.69. The normalized spacial score (nSPS) is 12.1. The summed E-state index contributed by atoms with van der Waals surface area (Å²) in [4.78, 5) is 11.5. The molecule has 110 valence electrons. The summed E-state index contributed by atoms with van der Waals surface area (Å²) in [5, 5.41) is 9.43. The molecule has 0 saturated heterocycles. The van der Waals surface area contributed by atoms with Gasteiger partial charge < -0.3 is 5.11 Å². The molecule has 0 spiro atoms. The molecule has 1 N–H and O–H groups in total. The van der Waals surface area contributed by atoms with E-state index >= 15 is 0 Å². The van der Waals surface area contributed by atoms with Crippen molar-refractivity contribution in [2.24, 2.45) is 5.92 Å². The van der Waals surface area contributed by atoms with Crippen LogP contribution in [0.4, 0.5) is 4.39 Å². The van der Waals surface area contributed by atoms with Crippen LogP contribution < -0.4 is 0 Å². The highest BCUT2D eigenvalue weighted by molar-refractivity contribution is 5.71. The highest BCUT2D eigenvalue weighted by Crippen LogP contribution is 2.19. The second kappa shape index (κ2) is 6.53. The topological polar surface area (TPSA) is 37.3 Å². The number of benzene rings is 2. The molecule has 2 aromatic rings. The van der Waals surface area contributed by atoms with Crippen LogP contribution in [0, 0.1) is 25.6 Å². The minimum atomic E-state index is -0.847. The largest absolute Gasteiger partial charge is 0.481 e. The maximum absolute atomic E-state index is 13.2. The van der Waals surface area contributed by atoms with Gasteiger partial charge in [-0.2, -0.15) is 0 Å². The number of hydrogen-bond donors (Lipinski definition) is 1. The smallest absolute Gasteiger partial charge is 0.307 e. The molecule has 0 saturated carbocycles. The van der Waals surface area contributed by atoms with Crippen molar-refractivity contribution in [3.8, 4) is 0 Å². The Morgan fingerprint density at radius 3 is 2.57 bits per heavy atom. The van der Waals surface area contributed by atoms with Crippen LogP contribution >= 0.6 is 0 Å². The first-order chi connectivity index (χ1) is 9.95. The van der Waals surface area contributed by atoms with Gasteiger partial charge in [-0.3, -0.25) is 4.79 Å². The number of rotatable bonds is 5. The molecule has 0 amide bonds. The summed E-state index contributed by atoms with van der Waals surface area (Å²) in [5.74, 6) is -1.73. The number of carboxylic acids is 1. The van der Waals surface area contributed by atoms with E-state index in [1.54, 1.807) is 12.1 Å². The number of carboxylic acid groups (broad SMARTS) is 1. The maximum Gasteiger partial charge on any atom is 0.307 e. The van der Waals surface area contributed by atoms with Crippen molar-refractivity contribution in [2.75, 3.05) is 0 Å². The second-order valence-corrected chi connectivity index (χ2v) is 5.50. The van der Waals surface area contributed by atoms with Crippen LogP contribution in [0.15, 0.2) is 42.5 Å². The summed E-state index contributed by atoms with van der Waals surface area (Å²) in [7, 11) is 0. The van der Waals surface area contributed by atoms with Crippen molar-refractivity contribution in [1.29, 1.82) is 0 Å². The third kappa shape index (κ3) is 4.15. The quantitative estimate of drug-likeness (QED) is 0.904. The van der Waals surface area contributed by atoms with Gasteiger partial charge in [-0.15, -0.1) is 0 Å². The van der Waals surface area contributed by atoms with Gasteiger partial charge in [0.25, 0.3) is 0 Å². The Balaban J connectivity index is 2.20. The zero-order valence-electron chi connectivity index (χ0n) is 12.3. The predicted molar refractivity (Wildman–Crippen MR) is 80.8 cm³/mol. The van der Waals surface area contributed by atoms with Crippen LogP contribution in [-0.2, 0) is 17.6 Å². The Morgan fingerprint density at radius 1 is 1.14 bits per heavy atom. The molecular weight excluding hydrogens is 267 g/mol. The molecule has 0 aliphatic carbocycles. The molecule has 0 aliphatic heterocycles. The van der Waals surface area contributed by atoms with E-state index in [0.29, 0.717) is 18.4 Å². The van der Waals surface area contributed by atoms with Gasteiger partial charge in [-0.25, -0.2) is 4.39 Å². The first-order valence-corrected chi connectivity index (χ1v) is 6.99. The van der Waals surface area contributed by atoms with Gasteiger partial charge in [-0.05, 0) is 55.5 Å². The second-order valence-electron chi connectivity index (χ2n) is 5.50. The Kier molecular flexibility index (Phi) is 4.73. The van der Waals surface area contributed by atoms with Crippen molar-refractivity contribution in [1.82, 2.24) is 0 Å². The van der Waals surface area contributed by atoms with Gasteiger partial charge in [0.15, 0.2) is 0 Å². The molecule has 21 heavy (non-hydrogen) atoms. The third-order valence-corrected chi connectivity index (χ3v) is 3.69. The number of hydrogen-bond acceptors (Lipinski definition) is 1. The highest BCUT2D eigenvalue weighted by atomic mass is 19.1. The van der Waals surface area contributed by atoms with Crippen molar-refractivity contribution in [3.05, 3.63) is 70.5 Å². The van der Waals surface area contributed by atoms with Gasteiger partial charge in [0.2, 0.25) is 0 Å². The summed E-state index contributed by atoms with van der Waals surface area (Å²) >= 11 is 0. The number of carbonyl (C=O) groups is 1. The number of halogens is 1. The van der Waals surface area contributed by atoms with Crippen LogP contribution in [0.1, 0.15) is 22.3 Å². The molecule has 2 nitrogen and oxygen atoms in total. The fourth-order valence-electron chi connectivity index (χ4n) is 2.48. The Hall–Kier alpha value is -2.16. The van der Waals surface area contributed by atoms with Crippen molar-refractivity contribution >= 4 is 5.97 Å². The molecule has 1 atom stereocenters. The van der Waals surface area contributed by atoms with Crippen molar-refractivity contribution in [3.63, 3.8) is 0 Å². The molecule has 2 aromatic carbocycles. The number of aliphatic carboxylic acids is 1. The average Bonchev–Trinajstić information content (AvgIpc) is 2.42. The monoisotopic (exact) mass is 286 g/mol. The van der Waals surface area contributed by atoms with E-state index in [1.807, 2.05) is 32.0 Å². The van der Waals surface area contributed by atoms with Gasteiger partial charge >= 0.3 is 5.97 Å². The van der Waals surface area contributed by atoms with E-state index in [1.165, 1.54) is 12.1 Å². The van der Waals surface area contributed by atoms with Gasteiger partial charge in [0, 0.05) is 0 Å². The zero-order chi connectivity index (χ0) is 15.4. The van der Waals surface area contributed by atoms with Crippen LogP contribution in [0.25, 0.3) is 0 Å².